The van der Waals surface area contributed by atoms with Crippen LogP contribution in [0.3, 0.4) is 0 Å². The number of hydrogen-bond acceptors (Lipinski definition) is 4. The maximum absolute atomic E-state index is 5.66. The van der Waals surface area contributed by atoms with Gasteiger partial charge in [-0.1, -0.05) is 6.92 Å². The number of ether oxygens (including phenoxy) is 1. The normalized spacial score (nSPS) is 25.0. The zero-order valence-corrected chi connectivity index (χ0v) is 12.6. The molecule has 0 aromatic heterocycles. The number of rotatable bonds is 7. The summed E-state index contributed by atoms with van der Waals surface area (Å²) in [5.41, 5.74) is 0. The topological polar surface area (TPSA) is 27.7 Å². The van der Waals surface area contributed by atoms with Gasteiger partial charge in [0.25, 0.3) is 0 Å². The molecule has 0 aromatic rings. The third-order valence-corrected chi connectivity index (χ3v) is 3.74. The van der Waals surface area contributed by atoms with E-state index in [1.54, 1.807) is 0 Å². The van der Waals surface area contributed by atoms with Gasteiger partial charge in [-0.15, -0.1) is 0 Å². The maximum Gasteiger partial charge on any atom is 0.0635 e. The Morgan fingerprint density at radius 2 is 2.06 bits per heavy atom. The van der Waals surface area contributed by atoms with Crippen LogP contribution in [0.1, 0.15) is 26.7 Å². The van der Waals surface area contributed by atoms with Crippen LogP contribution in [0.25, 0.3) is 0 Å². The van der Waals surface area contributed by atoms with E-state index >= 15 is 0 Å². The predicted octanol–water partition coefficient (Wildman–Crippen LogP) is 1.03. The van der Waals surface area contributed by atoms with E-state index < -0.39 is 0 Å². The molecule has 0 bridgehead atoms. The van der Waals surface area contributed by atoms with Crippen LogP contribution < -0.4 is 5.32 Å². The van der Waals surface area contributed by atoms with Gasteiger partial charge in [0, 0.05) is 25.2 Å². The molecule has 1 N–H and O–H groups in total. The van der Waals surface area contributed by atoms with Crippen molar-refractivity contribution >= 4 is 0 Å². The van der Waals surface area contributed by atoms with Gasteiger partial charge in [-0.05, 0) is 53.5 Å². The average molecular weight is 257 g/mol. The van der Waals surface area contributed by atoms with E-state index in [9.17, 15) is 0 Å². The van der Waals surface area contributed by atoms with Crippen molar-refractivity contribution in [2.24, 2.45) is 0 Å². The van der Waals surface area contributed by atoms with Crippen LogP contribution in [0.2, 0.25) is 0 Å². The van der Waals surface area contributed by atoms with Gasteiger partial charge in [-0.2, -0.15) is 0 Å². The van der Waals surface area contributed by atoms with Crippen molar-refractivity contribution in [1.82, 2.24) is 15.1 Å². The van der Waals surface area contributed by atoms with Crippen LogP contribution in [-0.2, 0) is 4.74 Å². The molecular formula is C14H31N3O. The van der Waals surface area contributed by atoms with E-state index in [2.05, 4.69) is 43.1 Å². The Bertz CT molecular complexity index is 205. The van der Waals surface area contributed by atoms with Crippen molar-refractivity contribution in [3.63, 3.8) is 0 Å². The minimum Gasteiger partial charge on any atom is -0.380 e. The molecule has 0 aliphatic carbocycles. The fraction of sp³-hybridized carbons (Fsp3) is 1.00. The SMILES string of the molecule is CCCNC(COCC)C1CN(C)CCCN1C. The zero-order valence-electron chi connectivity index (χ0n) is 12.6. The molecule has 18 heavy (non-hydrogen) atoms. The zero-order chi connectivity index (χ0) is 13.4. The summed E-state index contributed by atoms with van der Waals surface area (Å²) >= 11 is 0. The summed E-state index contributed by atoms with van der Waals surface area (Å²) in [4.78, 5) is 4.94. The van der Waals surface area contributed by atoms with Crippen molar-refractivity contribution in [3.05, 3.63) is 0 Å². The van der Waals surface area contributed by atoms with Gasteiger partial charge >= 0.3 is 0 Å². The quantitative estimate of drug-likeness (QED) is 0.737. The number of nitrogens with one attached hydrogen (secondary N) is 1. The minimum absolute atomic E-state index is 0.440. The van der Waals surface area contributed by atoms with E-state index in [0.29, 0.717) is 12.1 Å². The van der Waals surface area contributed by atoms with Crippen molar-refractivity contribution in [1.29, 1.82) is 0 Å². The first-order valence-corrected chi connectivity index (χ1v) is 7.38. The summed E-state index contributed by atoms with van der Waals surface area (Å²) in [6.45, 7) is 10.5. The van der Waals surface area contributed by atoms with Crippen LogP contribution in [0.5, 0.6) is 0 Å². The second kappa shape index (κ2) is 8.86. The second-order valence-electron chi connectivity index (χ2n) is 5.38. The lowest BCUT2D eigenvalue weighted by Gasteiger charge is -2.35. The lowest BCUT2D eigenvalue weighted by Crippen LogP contribution is -2.54. The molecular weight excluding hydrogens is 226 g/mol. The molecule has 1 heterocycles. The predicted molar refractivity (Wildman–Crippen MR) is 77.1 cm³/mol. The molecule has 108 valence electrons. The molecule has 2 atom stereocenters. The smallest absolute Gasteiger partial charge is 0.0635 e. The fourth-order valence-corrected chi connectivity index (χ4v) is 2.62. The largest absolute Gasteiger partial charge is 0.380 e. The lowest BCUT2D eigenvalue weighted by atomic mass is 10.1. The third-order valence-electron chi connectivity index (χ3n) is 3.74. The van der Waals surface area contributed by atoms with E-state index in [1.807, 2.05) is 0 Å². The first-order chi connectivity index (χ1) is 8.69. The molecule has 4 heteroatoms. The number of nitrogens with zero attached hydrogens (tertiary/aromatic N) is 2. The van der Waals surface area contributed by atoms with Crippen LogP contribution >= 0.6 is 0 Å². The summed E-state index contributed by atoms with van der Waals surface area (Å²) in [6.07, 6.45) is 2.44. The Hall–Kier alpha value is -0.160. The molecule has 1 aliphatic rings. The number of hydrogen-bond donors (Lipinski definition) is 1. The molecule has 2 unspecified atom stereocenters. The van der Waals surface area contributed by atoms with Crippen LogP contribution in [0, 0.1) is 0 Å². The first-order valence-electron chi connectivity index (χ1n) is 7.38. The molecule has 0 aromatic carbocycles. The highest BCUT2D eigenvalue weighted by Gasteiger charge is 2.28. The van der Waals surface area contributed by atoms with Gasteiger partial charge in [-0.25, -0.2) is 0 Å². The van der Waals surface area contributed by atoms with Gasteiger partial charge in [-0.3, -0.25) is 0 Å². The molecule has 0 amide bonds. The van der Waals surface area contributed by atoms with Crippen molar-refractivity contribution in [2.45, 2.75) is 38.8 Å². The van der Waals surface area contributed by atoms with Gasteiger partial charge < -0.3 is 19.9 Å². The maximum atomic E-state index is 5.66. The average Bonchev–Trinajstić information content (AvgIpc) is 2.52. The van der Waals surface area contributed by atoms with Crippen LogP contribution in [0.4, 0.5) is 0 Å². The monoisotopic (exact) mass is 257 g/mol. The van der Waals surface area contributed by atoms with Crippen molar-refractivity contribution in [2.75, 3.05) is 53.5 Å². The second-order valence-corrected chi connectivity index (χ2v) is 5.38. The Labute approximate surface area is 113 Å². The van der Waals surface area contributed by atoms with Gasteiger partial charge in [0.2, 0.25) is 0 Å². The highest BCUT2D eigenvalue weighted by atomic mass is 16.5. The summed E-state index contributed by atoms with van der Waals surface area (Å²) < 4.78 is 5.66. The molecule has 1 aliphatic heterocycles. The molecule has 1 rings (SSSR count). The van der Waals surface area contributed by atoms with E-state index in [4.69, 9.17) is 4.74 Å². The highest BCUT2D eigenvalue weighted by molar-refractivity contribution is 4.87. The van der Waals surface area contributed by atoms with E-state index in [-0.39, 0.29) is 0 Å². The lowest BCUT2D eigenvalue weighted by molar-refractivity contribution is 0.0780. The molecule has 1 fully saturated rings. The van der Waals surface area contributed by atoms with Crippen LogP contribution in [0.15, 0.2) is 0 Å². The minimum atomic E-state index is 0.440. The van der Waals surface area contributed by atoms with Crippen LogP contribution in [-0.4, -0.2) is 75.4 Å². The standard InChI is InChI=1S/C14H31N3O/c1-5-8-15-13(12-18-6-2)14-11-16(3)9-7-10-17(14)4/h13-15H,5-12H2,1-4H3. The van der Waals surface area contributed by atoms with Crippen molar-refractivity contribution < 1.29 is 4.74 Å². The molecule has 4 nitrogen and oxygen atoms in total. The highest BCUT2D eigenvalue weighted by Crippen LogP contribution is 2.11. The van der Waals surface area contributed by atoms with Gasteiger partial charge in [0.05, 0.1) is 6.61 Å². The van der Waals surface area contributed by atoms with E-state index in [0.717, 1.165) is 26.3 Å². The Morgan fingerprint density at radius 1 is 1.28 bits per heavy atom. The summed E-state index contributed by atoms with van der Waals surface area (Å²) in [7, 11) is 4.47. The Kier molecular flexibility index (Phi) is 7.82. The Morgan fingerprint density at radius 3 is 2.72 bits per heavy atom. The third kappa shape index (κ3) is 5.22. The Balaban J connectivity index is 2.60. The van der Waals surface area contributed by atoms with Crippen molar-refractivity contribution in [3.8, 4) is 0 Å². The molecule has 1 saturated heterocycles. The molecule has 0 spiro atoms. The summed E-state index contributed by atoms with van der Waals surface area (Å²) in [5.74, 6) is 0. The molecule has 0 saturated carbocycles. The summed E-state index contributed by atoms with van der Waals surface area (Å²) in [5, 5.41) is 3.66. The first kappa shape index (κ1) is 15.9. The van der Waals surface area contributed by atoms with Gasteiger partial charge in [0.15, 0.2) is 0 Å². The fourth-order valence-electron chi connectivity index (χ4n) is 2.62. The number of likely N-dealkylation sites (N-methyl/N-ethyl adjacent to an activating group) is 2. The van der Waals surface area contributed by atoms with E-state index in [1.165, 1.54) is 25.9 Å². The van der Waals surface area contributed by atoms with Gasteiger partial charge in [0.1, 0.15) is 0 Å². The molecule has 0 radical (unpaired) electrons. The summed E-state index contributed by atoms with van der Waals surface area (Å²) in [6, 6.07) is 0.992.